The molecule has 0 saturated carbocycles. The highest BCUT2D eigenvalue weighted by Gasteiger charge is 2.22. The Hall–Kier alpha value is -2.47. The lowest BCUT2D eigenvalue weighted by Crippen LogP contribution is -2.14. The predicted octanol–water partition coefficient (Wildman–Crippen LogP) is 2.83. The molecule has 1 unspecified atom stereocenters. The second-order valence-corrected chi connectivity index (χ2v) is 8.44. The molecule has 0 bridgehead atoms. The van der Waals surface area contributed by atoms with Crippen LogP contribution in [0.1, 0.15) is 17.3 Å². The van der Waals surface area contributed by atoms with Gasteiger partial charge in [-0.2, -0.15) is 0 Å². The SMILES string of the molecule is CC1Nc2ccc(S(=O)(=O)Nc3cc(OOO)cc(C(=O)O)c3)cc2S1. The summed E-state index contributed by atoms with van der Waals surface area (Å²) in [4.78, 5) is 16.4. The summed E-state index contributed by atoms with van der Waals surface area (Å²) in [6.45, 7) is 1.96. The zero-order valence-electron chi connectivity index (χ0n) is 13.3. The fraction of sp³-hybridized carbons (Fsp3) is 0.133. The Balaban J connectivity index is 1.92. The Morgan fingerprint density at radius 1 is 1.27 bits per heavy atom. The highest BCUT2D eigenvalue weighted by atomic mass is 32.2. The number of hydrogen-bond donors (Lipinski definition) is 4. The lowest BCUT2D eigenvalue weighted by atomic mass is 10.2. The van der Waals surface area contributed by atoms with E-state index in [2.05, 4.69) is 20.0 Å². The Morgan fingerprint density at radius 2 is 2.04 bits per heavy atom. The molecule has 0 aliphatic carbocycles. The third-order valence-corrected chi connectivity index (χ3v) is 5.91. The number of fused-ring (bicyclic) bond motifs is 1. The molecule has 1 aliphatic rings. The molecule has 0 spiro atoms. The van der Waals surface area contributed by atoms with Gasteiger partial charge in [0, 0.05) is 16.6 Å². The molecule has 2 aromatic rings. The van der Waals surface area contributed by atoms with Crippen LogP contribution in [0.2, 0.25) is 0 Å². The number of benzene rings is 2. The third kappa shape index (κ3) is 3.85. The van der Waals surface area contributed by atoms with Crippen molar-refractivity contribution in [3.63, 3.8) is 0 Å². The average molecular weight is 398 g/mol. The molecular formula is C15H14N2O7S2. The van der Waals surface area contributed by atoms with Gasteiger partial charge in [0.05, 0.1) is 21.5 Å². The van der Waals surface area contributed by atoms with Gasteiger partial charge < -0.3 is 15.3 Å². The smallest absolute Gasteiger partial charge is 0.335 e. The van der Waals surface area contributed by atoms with Gasteiger partial charge in [0.25, 0.3) is 10.0 Å². The maximum atomic E-state index is 12.6. The Labute approximate surface area is 152 Å². The van der Waals surface area contributed by atoms with Crippen LogP contribution < -0.4 is 14.9 Å². The molecule has 0 aromatic heterocycles. The lowest BCUT2D eigenvalue weighted by Gasteiger charge is -2.11. The van der Waals surface area contributed by atoms with Gasteiger partial charge in [-0.05, 0) is 42.3 Å². The average Bonchev–Trinajstić information content (AvgIpc) is 2.93. The van der Waals surface area contributed by atoms with Crippen LogP contribution >= 0.6 is 11.8 Å². The first-order chi connectivity index (χ1) is 12.3. The normalized spacial score (nSPS) is 15.8. The van der Waals surface area contributed by atoms with Gasteiger partial charge in [-0.1, -0.05) is 11.8 Å². The maximum Gasteiger partial charge on any atom is 0.335 e. The van der Waals surface area contributed by atoms with Gasteiger partial charge in [-0.25, -0.2) is 18.5 Å². The summed E-state index contributed by atoms with van der Waals surface area (Å²) < 4.78 is 27.5. The van der Waals surface area contributed by atoms with Crippen molar-refractivity contribution in [2.45, 2.75) is 22.1 Å². The monoisotopic (exact) mass is 398 g/mol. The van der Waals surface area contributed by atoms with E-state index in [0.29, 0.717) is 0 Å². The van der Waals surface area contributed by atoms with Crippen molar-refractivity contribution in [3.8, 4) is 5.75 Å². The van der Waals surface area contributed by atoms with Gasteiger partial charge in [0.1, 0.15) is 0 Å². The number of nitrogens with one attached hydrogen (secondary N) is 2. The van der Waals surface area contributed by atoms with E-state index >= 15 is 0 Å². The number of aromatic carboxylic acids is 1. The van der Waals surface area contributed by atoms with Crippen molar-refractivity contribution in [3.05, 3.63) is 42.0 Å². The topological polar surface area (TPSA) is 134 Å². The Kier molecular flexibility index (Phi) is 4.96. The molecule has 0 amide bonds. The first-order valence-electron chi connectivity index (χ1n) is 7.25. The lowest BCUT2D eigenvalue weighted by molar-refractivity contribution is -0.438. The van der Waals surface area contributed by atoms with Crippen LogP contribution in [0.5, 0.6) is 5.75 Å². The summed E-state index contributed by atoms with van der Waals surface area (Å²) >= 11 is 1.50. The van der Waals surface area contributed by atoms with E-state index in [1.165, 1.54) is 30.0 Å². The minimum atomic E-state index is -3.97. The number of sulfonamides is 1. The number of hydrogen-bond acceptors (Lipinski definition) is 8. The molecule has 11 heteroatoms. The molecule has 1 aliphatic heterocycles. The van der Waals surface area contributed by atoms with Gasteiger partial charge in [-0.3, -0.25) is 4.72 Å². The molecular weight excluding hydrogens is 384 g/mol. The molecule has 0 radical (unpaired) electrons. The highest BCUT2D eigenvalue weighted by molar-refractivity contribution is 8.00. The fourth-order valence-electron chi connectivity index (χ4n) is 2.41. The van der Waals surface area contributed by atoms with E-state index in [4.69, 9.17) is 10.4 Å². The van der Waals surface area contributed by atoms with E-state index in [1.54, 1.807) is 6.07 Å². The largest absolute Gasteiger partial charge is 0.478 e. The van der Waals surface area contributed by atoms with Crippen LogP contribution in [-0.2, 0) is 15.1 Å². The van der Waals surface area contributed by atoms with Crippen LogP contribution in [0.15, 0.2) is 46.2 Å². The Morgan fingerprint density at radius 3 is 2.73 bits per heavy atom. The third-order valence-electron chi connectivity index (χ3n) is 3.47. The number of carboxylic acid groups (broad SMARTS) is 1. The van der Waals surface area contributed by atoms with Crippen LogP contribution in [0.4, 0.5) is 11.4 Å². The number of rotatable bonds is 6. The zero-order valence-corrected chi connectivity index (χ0v) is 14.9. The molecule has 1 heterocycles. The second-order valence-electron chi connectivity index (χ2n) is 5.38. The summed E-state index contributed by atoms with van der Waals surface area (Å²) in [5.74, 6) is -1.49. The minimum absolute atomic E-state index is 0.0289. The van der Waals surface area contributed by atoms with Crippen molar-refractivity contribution in [1.82, 2.24) is 0 Å². The zero-order chi connectivity index (χ0) is 18.9. The number of anilines is 2. The van der Waals surface area contributed by atoms with E-state index in [-0.39, 0.29) is 27.3 Å². The summed E-state index contributed by atoms with van der Waals surface area (Å²) in [5.41, 5.74) is 0.543. The summed E-state index contributed by atoms with van der Waals surface area (Å²) in [5, 5.41) is 24.3. The van der Waals surface area contributed by atoms with Crippen LogP contribution in [0.3, 0.4) is 0 Å². The number of thioether (sulfide) groups is 1. The van der Waals surface area contributed by atoms with Crippen molar-refractivity contribution in [1.29, 1.82) is 0 Å². The van der Waals surface area contributed by atoms with Crippen molar-refractivity contribution < 1.29 is 33.5 Å². The quantitative estimate of drug-likeness (QED) is 0.428. The van der Waals surface area contributed by atoms with E-state index in [1.807, 2.05) is 6.92 Å². The summed E-state index contributed by atoms with van der Waals surface area (Å²) in [6.07, 6.45) is 0. The number of carboxylic acids is 1. The maximum absolute atomic E-state index is 12.6. The summed E-state index contributed by atoms with van der Waals surface area (Å²) in [7, 11) is -3.97. The van der Waals surface area contributed by atoms with Crippen molar-refractivity contribution in [2.75, 3.05) is 10.0 Å². The van der Waals surface area contributed by atoms with Gasteiger partial charge >= 0.3 is 5.97 Å². The Bertz CT molecular complexity index is 962. The van der Waals surface area contributed by atoms with Gasteiger partial charge in [-0.15, -0.1) is 0 Å². The van der Waals surface area contributed by atoms with Crippen LogP contribution in [-0.4, -0.2) is 30.1 Å². The highest BCUT2D eigenvalue weighted by Crippen LogP contribution is 2.39. The van der Waals surface area contributed by atoms with E-state index < -0.39 is 16.0 Å². The predicted molar refractivity (Wildman–Crippen MR) is 93.9 cm³/mol. The van der Waals surface area contributed by atoms with Crippen LogP contribution in [0, 0.1) is 0 Å². The molecule has 1 atom stereocenters. The van der Waals surface area contributed by atoms with Crippen molar-refractivity contribution in [2.24, 2.45) is 0 Å². The molecule has 0 saturated heterocycles. The molecule has 2 aromatic carbocycles. The summed E-state index contributed by atoms with van der Waals surface area (Å²) in [6, 6.07) is 8.01. The van der Waals surface area contributed by atoms with E-state index in [0.717, 1.165) is 22.7 Å². The molecule has 9 nitrogen and oxygen atoms in total. The molecule has 26 heavy (non-hydrogen) atoms. The van der Waals surface area contributed by atoms with E-state index in [9.17, 15) is 13.2 Å². The first kappa shape index (κ1) is 18.3. The minimum Gasteiger partial charge on any atom is -0.478 e. The molecule has 0 fully saturated rings. The van der Waals surface area contributed by atoms with Gasteiger partial charge in [0.15, 0.2) is 5.75 Å². The first-order valence-corrected chi connectivity index (χ1v) is 9.61. The van der Waals surface area contributed by atoms with Crippen LogP contribution in [0.25, 0.3) is 0 Å². The van der Waals surface area contributed by atoms with Crippen molar-refractivity contribution >= 4 is 39.1 Å². The second kappa shape index (κ2) is 7.03. The number of carbonyl (C=O) groups is 1. The standard InChI is InChI=1S/C15H14N2O7S2/c1-8-16-13-3-2-12(7-14(13)25-8)26(21,22)17-10-4-9(15(18)19)5-11(6-10)23-24-20/h2-8,16-17,20H,1H3,(H,18,19). The fourth-order valence-corrected chi connectivity index (χ4v) is 4.57. The molecule has 138 valence electrons. The van der Waals surface area contributed by atoms with Gasteiger partial charge in [0.2, 0.25) is 0 Å². The molecule has 4 N–H and O–H groups in total. The molecule has 3 rings (SSSR count).